The summed E-state index contributed by atoms with van der Waals surface area (Å²) < 4.78 is 18.9. The maximum atomic E-state index is 13.3. The molecular weight excluding hydrogens is 277 g/mol. The van der Waals surface area contributed by atoms with Gasteiger partial charge in [-0.2, -0.15) is 0 Å². The van der Waals surface area contributed by atoms with Crippen LogP contribution in [0, 0.1) is 5.82 Å². The van der Waals surface area contributed by atoms with E-state index >= 15 is 0 Å². The van der Waals surface area contributed by atoms with E-state index in [1.807, 2.05) is 4.90 Å². The molecule has 16 heavy (non-hydrogen) atoms. The van der Waals surface area contributed by atoms with Crippen LogP contribution in [0.1, 0.15) is 10.4 Å². The van der Waals surface area contributed by atoms with E-state index in [4.69, 9.17) is 4.74 Å². The molecule has 1 aliphatic heterocycles. The molecule has 1 aliphatic rings. The van der Waals surface area contributed by atoms with E-state index in [1.54, 1.807) is 6.07 Å². The minimum atomic E-state index is -0.417. The second-order valence-electron chi connectivity index (χ2n) is 3.54. The molecule has 0 saturated carbocycles. The van der Waals surface area contributed by atoms with Gasteiger partial charge in [-0.1, -0.05) is 0 Å². The molecule has 1 fully saturated rings. The lowest BCUT2D eigenvalue weighted by Gasteiger charge is -2.30. The highest BCUT2D eigenvalue weighted by Gasteiger charge is 2.16. The Morgan fingerprint density at radius 1 is 1.38 bits per heavy atom. The molecule has 1 heterocycles. The summed E-state index contributed by atoms with van der Waals surface area (Å²) in [6.45, 7) is 2.71. The number of rotatable bonds is 2. The van der Waals surface area contributed by atoms with Gasteiger partial charge in [0.05, 0.1) is 17.7 Å². The monoisotopic (exact) mass is 287 g/mol. The van der Waals surface area contributed by atoms with Crippen LogP contribution < -0.4 is 4.90 Å². The third kappa shape index (κ3) is 2.25. The number of hydrogen-bond donors (Lipinski definition) is 0. The average Bonchev–Trinajstić information content (AvgIpc) is 2.33. The minimum absolute atomic E-state index is 0.375. The fraction of sp³-hybridized carbons (Fsp3) is 0.364. The first-order valence-electron chi connectivity index (χ1n) is 4.99. The number of ether oxygens (including phenoxy) is 1. The number of carbonyl (C=O) groups is 1. The van der Waals surface area contributed by atoms with Crippen molar-refractivity contribution in [2.75, 3.05) is 31.2 Å². The second-order valence-corrected chi connectivity index (χ2v) is 4.40. The first-order valence-corrected chi connectivity index (χ1v) is 5.78. The molecule has 0 N–H and O–H groups in total. The van der Waals surface area contributed by atoms with Gasteiger partial charge >= 0.3 is 0 Å². The van der Waals surface area contributed by atoms with Crippen molar-refractivity contribution in [2.45, 2.75) is 0 Å². The summed E-state index contributed by atoms with van der Waals surface area (Å²) in [7, 11) is 0. The highest BCUT2D eigenvalue weighted by Crippen LogP contribution is 2.27. The molecule has 0 aliphatic carbocycles. The van der Waals surface area contributed by atoms with Gasteiger partial charge in [-0.05, 0) is 28.1 Å². The molecule has 0 amide bonds. The topological polar surface area (TPSA) is 29.5 Å². The first kappa shape index (κ1) is 11.5. The number of halogens is 2. The summed E-state index contributed by atoms with van der Waals surface area (Å²) in [5.41, 5.74) is 1.13. The lowest BCUT2D eigenvalue weighted by Crippen LogP contribution is -2.36. The van der Waals surface area contributed by atoms with Gasteiger partial charge in [-0.3, -0.25) is 4.79 Å². The fourth-order valence-corrected chi connectivity index (χ4v) is 2.06. The van der Waals surface area contributed by atoms with Gasteiger partial charge in [0.25, 0.3) is 0 Å². The quantitative estimate of drug-likeness (QED) is 0.782. The molecular formula is C11H11BrFNO2. The van der Waals surface area contributed by atoms with E-state index in [1.165, 1.54) is 6.07 Å². The van der Waals surface area contributed by atoms with E-state index in [2.05, 4.69) is 15.9 Å². The van der Waals surface area contributed by atoms with Gasteiger partial charge < -0.3 is 9.64 Å². The van der Waals surface area contributed by atoms with E-state index < -0.39 is 5.82 Å². The van der Waals surface area contributed by atoms with Gasteiger partial charge in [0.2, 0.25) is 0 Å². The number of morpholine rings is 1. The number of benzene rings is 1. The van der Waals surface area contributed by atoms with Gasteiger partial charge in [-0.15, -0.1) is 0 Å². The Morgan fingerprint density at radius 3 is 2.69 bits per heavy atom. The number of hydrogen-bond acceptors (Lipinski definition) is 3. The maximum Gasteiger partial charge on any atom is 0.152 e. The minimum Gasteiger partial charge on any atom is -0.378 e. The zero-order valence-corrected chi connectivity index (χ0v) is 10.2. The van der Waals surface area contributed by atoms with Gasteiger partial charge in [0, 0.05) is 24.3 Å². The van der Waals surface area contributed by atoms with E-state index in [-0.39, 0.29) is 0 Å². The highest BCUT2D eigenvalue weighted by molar-refractivity contribution is 9.10. The molecule has 1 saturated heterocycles. The summed E-state index contributed by atoms with van der Waals surface area (Å²) in [4.78, 5) is 12.9. The summed E-state index contributed by atoms with van der Waals surface area (Å²) in [5.74, 6) is -0.417. The zero-order chi connectivity index (χ0) is 11.5. The van der Waals surface area contributed by atoms with Crippen molar-refractivity contribution in [3.05, 3.63) is 28.0 Å². The van der Waals surface area contributed by atoms with Crippen LogP contribution >= 0.6 is 15.9 Å². The van der Waals surface area contributed by atoms with Gasteiger partial charge in [-0.25, -0.2) is 4.39 Å². The third-order valence-electron chi connectivity index (χ3n) is 2.55. The molecule has 0 atom stereocenters. The van der Waals surface area contributed by atoms with E-state index in [0.717, 1.165) is 18.8 Å². The van der Waals surface area contributed by atoms with Crippen LogP contribution in [0.2, 0.25) is 0 Å². The predicted octanol–water partition coefficient (Wildman–Crippen LogP) is 2.24. The van der Waals surface area contributed by atoms with Crippen molar-refractivity contribution >= 4 is 27.9 Å². The summed E-state index contributed by atoms with van der Waals surface area (Å²) in [6, 6.07) is 2.90. The first-order chi connectivity index (χ1) is 7.72. The summed E-state index contributed by atoms with van der Waals surface area (Å²) in [5, 5.41) is 0. The average molecular weight is 288 g/mol. The number of aldehydes is 1. The van der Waals surface area contributed by atoms with Gasteiger partial charge in [0.1, 0.15) is 5.82 Å². The number of carbonyl (C=O) groups excluding carboxylic acids is 1. The molecule has 3 nitrogen and oxygen atoms in total. The predicted molar refractivity (Wildman–Crippen MR) is 62.5 cm³/mol. The van der Waals surface area contributed by atoms with Crippen LogP contribution in [0.4, 0.5) is 10.1 Å². The maximum absolute atomic E-state index is 13.3. The van der Waals surface area contributed by atoms with Crippen LogP contribution in [0.25, 0.3) is 0 Å². The molecule has 2 rings (SSSR count). The van der Waals surface area contributed by atoms with Crippen molar-refractivity contribution in [2.24, 2.45) is 0 Å². The van der Waals surface area contributed by atoms with E-state index in [9.17, 15) is 9.18 Å². The van der Waals surface area contributed by atoms with E-state index in [0.29, 0.717) is 29.5 Å². The van der Waals surface area contributed by atoms with Crippen LogP contribution in [-0.2, 0) is 4.74 Å². The Morgan fingerprint density at radius 2 is 2.06 bits per heavy atom. The molecule has 0 spiro atoms. The van der Waals surface area contributed by atoms with Crippen molar-refractivity contribution in [1.82, 2.24) is 0 Å². The summed E-state index contributed by atoms with van der Waals surface area (Å²) in [6.07, 6.45) is 0.681. The highest BCUT2D eigenvalue weighted by atomic mass is 79.9. The zero-order valence-electron chi connectivity index (χ0n) is 8.58. The van der Waals surface area contributed by atoms with Crippen LogP contribution in [0.5, 0.6) is 0 Å². The van der Waals surface area contributed by atoms with Crippen LogP contribution in [-0.4, -0.2) is 32.6 Å². The van der Waals surface area contributed by atoms with Crippen molar-refractivity contribution in [3.63, 3.8) is 0 Å². The SMILES string of the molecule is O=Cc1cc(F)c(Br)cc1N1CCOCC1. The lowest BCUT2D eigenvalue weighted by atomic mass is 10.1. The summed E-state index contributed by atoms with van der Waals surface area (Å²) >= 11 is 3.13. The van der Waals surface area contributed by atoms with Crippen LogP contribution in [0.3, 0.4) is 0 Å². The molecule has 0 radical (unpaired) electrons. The standard InChI is InChI=1S/C11H11BrFNO2/c12-9-6-11(8(7-15)5-10(9)13)14-1-3-16-4-2-14/h5-7H,1-4H2. The van der Waals surface area contributed by atoms with Crippen molar-refractivity contribution in [3.8, 4) is 0 Å². The van der Waals surface area contributed by atoms with Crippen molar-refractivity contribution < 1.29 is 13.9 Å². The smallest absolute Gasteiger partial charge is 0.152 e. The molecule has 0 bridgehead atoms. The third-order valence-corrected chi connectivity index (χ3v) is 3.16. The molecule has 0 aromatic heterocycles. The number of anilines is 1. The Bertz CT molecular complexity index is 405. The second kappa shape index (κ2) is 4.93. The van der Waals surface area contributed by atoms with Crippen LogP contribution in [0.15, 0.2) is 16.6 Å². The molecule has 5 heteroatoms. The Kier molecular flexibility index (Phi) is 3.56. The fourth-order valence-electron chi connectivity index (χ4n) is 1.72. The largest absolute Gasteiger partial charge is 0.378 e. The Hall–Kier alpha value is -0.940. The molecule has 1 aromatic rings. The lowest BCUT2D eigenvalue weighted by molar-refractivity contribution is 0.111. The normalized spacial score (nSPS) is 16.2. The number of nitrogens with zero attached hydrogens (tertiary/aromatic N) is 1. The molecule has 0 unspecified atom stereocenters. The Labute approximate surface area is 101 Å². The Balaban J connectivity index is 2.37. The van der Waals surface area contributed by atoms with Crippen molar-refractivity contribution in [1.29, 1.82) is 0 Å². The molecule has 1 aromatic carbocycles. The van der Waals surface area contributed by atoms with Gasteiger partial charge in [0.15, 0.2) is 6.29 Å². The molecule has 86 valence electrons.